The minimum atomic E-state index is -0.116. The minimum absolute atomic E-state index is 0.116. The minimum Gasteiger partial charge on any atom is -0.373 e. The Labute approximate surface area is 140 Å². The van der Waals surface area contributed by atoms with Crippen LogP contribution >= 0.6 is 0 Å². The Morgan fingerprint density at radius 3 is 2.17 bits per heavy atom. The van der Waals surface area contributed by atoms with Gasteiger partial charge in [0.15, 0.2) is 0 Å². The quantitative estimate of drug-likeness (QED) is 0.855. The molecule has 128 valence electrons. The Morgan fingerprint density at radius 2 is 1.70 bits per heavy atom. The molecular formula is C19H30N2O2. The van der Waals surface area contributed by atoms with Gasteiger partial charge in [0.05, 0.1) is 18.2 Å². The zero-order valence-electron chi connectivity index (χ0n) is 15.2. The van der Waals surface area contributed by atoms with Crippen LogP contribution in [0.1, 0.15) is 33.3 Å². The summed E-state index contributed by atoms with van der Waals surface area (Å²) in [5.74, 6) is 0.415. The predicted octanol–water partition coefficient (Wildman–Crippen LogP) is 3.09. The number of nitrogens with zero attached hydrogens (tertiary/aromatic N) is 2. The number of carbonyl (C=O) groups excluding carboxylic acids is 1. The number of likely N-dealkylation sites (N-methyl/N-ethyl adjacent to an activating group) is 1. The number of ether oxygens (including phenoxy) is 1. The van der Waals surface area contributed by atoms with Crippen LogP contribution in [0, 0.1) is 12.8 Å². The molecule has 1 aromatic rings. The molecular weight excluding hydrogens is 288 g/mol. The average molecular weight is 318 g/mol. The van der Waals surface area contributed by atoms with Gasteiger partial charge in [0.1, 0.15) is 0 Å². The molecule has 0 saturated carbocycles. The monoisotopic (exact) mass is 318 g/mol. The lowest BCUT2D eigenvalue weighted by molar-refractivity contribution is -0.132. The summed E-state index contributed by atoms with van der Waals surface area (Å²) in [5.41, 5.74) is 2.14. The SMILES string of the molecule is Cc1ccc(N(C)C(=O)C(C(C)C)N2CC(C)OC(C)C2)cc1. The standard InChI is InChI=1S/C19H30N2O2/c1-13(2)18(21-11-15(4)23-16(5)12-21)19(22)20(6)17-9-7-14(3)8-10-17/h7-10,13,15-16,18H,11-12H2,1-6H3. The maximum absolute atomic E-state index is 13.1. The molecule has 0 spiro atoms. The van der Waals surface area contributed by atoms with Crippen molar-refractivity contribution in [1.82, 2.24) is 4.90 Å². The Bertz CT molecular complexity index is 517. The maximum Gasteiger partial charge on any atom is 0.244 e. The van der Waals surface area contributed by atoms with Gasteiger partial charge in [0, 0.05) is 25.8 Å². The molecule has 0 aromatic heterocycles. The Hall–Kier alpha value is -1.39. The molecule has 4 heteroatoms. The van der Waals surface area contributed by atoms with Gasteiger partial charge in [-0.3, -0.25) is 9.69 Å². The molecule has 1 amide bonds. The lowest BCUT2D eigenvalue weighted by Crippen LogP contribution is -2.57. The van der Waals surface area contributed by atoms with E-state index in [0.717, 1.165) is 18.8 Å². The molecule has 2 rings (SSSR count). The Kier molecular flexibility index (Phi) is 5.82. The van der Waals surface area contributed by atoms with Crippen molar-refractivity contribution in [2.75, 3.05) is 25.0 Å². The summed E-state index contributed by atoms with van der Waals surface area (Å²) in [6, 6.07) is 7.99. The highest BCUT2D eigenvalue weighted by atomic mass is 16.5. The van der Waals surface area contributed by atoms with Crippen molar-refractivity contribution < 1.29 is 9.53 Å². The van der Waals surface area contributed by atoms with Crippen molar-refractivity contribution in [3.63, 3.8) is 0 Å². The fraction of sp³-hybridized carbons (Fsp3) is 0.632. The van der Waals surface area contributed by atoms with E-state index in [0.29, 0.717) is 0 Å². The van der Waals surface area contributed by atoms with Crippen LogP contribution in [0.3, 0.4) is 0 Å². The molecule has 1 aliphatic rings. The van der Waals surface area contributed by atoms with E-state index in [2.05, 4.69) is 39.5 Å². The van der Waals surface area contributed by atoms with Gasteiger partial charge in [-0.15, -0.1) is 0 Å². The van der Waals surface area contributed by atoms with Gasteiger partial charge >= 0.3 is 0 Å². The van der Waals surface area contributed by atoms with Crippen LogP contribution in [-0.4, -0.2) is 49.2 Å². The first-order valence-electron chi connectivity index (χ1n) is 8.53. The van der Waals surface area contributed by atoms with Gasteiger partial charge in [-0.05, 0) is 38.8 Å². The maximum atomic E-state index is 13.1. The fourth-order valence-electron chi connectivity index (χ4n) is 3.40. The van der Waals surface area contributed by atoms with E-state index >= 15 is 0 Å². The second-order valence-electron chi connectivity index (χ2n) is 7.13. The highest BCUT2D eigenvalue weighted by Gasteiger charge is 2.35. The number of rotatable bonds is 4. The zero-order chi connectivity index (χ0) is 17.1. The summed E-state index contributed by atoms with van der Waals surface area (Å²) in [4.78, 5) is 17.2. The fourth-order valence-corrected chi connectivity index (χ4v) is 3.40. The van der Waals surface area contributed by atoms with Gasteiger partial charge in [-0.1, -0.05) is 31.5 Å². The van der Waals surface area contributed by atoms with Crippen molar-refractivity contribution in [2.24, 2.45) is 5.92 Å². The Morgan fingerprint density at radius 1 is 1.17 bits per heavy atom. The van der Waals surface area contributed by atoms with Crippen LogP contribution in [0.5, 0.6) is 0 Å². The third-order valence-electron chi connectivity index (χ3n) is 4.48. The molecule has 4 nitrogen and oxygen atoms in total. The smallest absolute Gasteiger partial charge is 0.244 e. The number of amides is 1. The predicted molar refractivity (Wildman–Crippen MR) is 94.8 cm³/mol. The van der Waals surface area contributed by atoms with E-state index in [9.17, 15) is 4.79 Å². The molecule has 3 atom stereocenters. The number of hydrogen-bond acceptors (Lipinski definition) is 3. The highest BCUT2D eigenvalue weighted by Crippen LogP contribution is 2.22. The van der Waals surface area contributed by atoms with E-state index < -0.39 is 0 Å². The third kappa shape index (κ3) is 4.33. The van der Waals surface area contributed by atoms with Crippen molar-refractivity contribution in [1.29, 1.82) is 0 Å². The third-order valence-corrected chi connectivity index (χ3v) is 4.48. The van der Waals surface area contributed by atoms with Crippen LogP contribution in [0.25, 0.3) is 0 Å². The second-order valence-corrected chi connectivity index (χ2v) is 7.13. The van der Waals surface area contributed by atoms with Gasteiger partial charge < -0.3 is 9.64 Å². The molecule has 1 fully saturated rings. The molecule has 23 heavy (non-hydrogen) atoms. The van der Waals surface area contributed by atoms with Gasteiger partial charge in [0.2, 0.25) is 5.91 Å². The van der Waals surface area contributed by atoms with E-state index in [1.807, 2.05) is 31.3 Å². The van der Waals surface area contributed by atoms with Crippen molar-refractivity contribution in [3.8, 4) is 0 Å². The molecule has 0 radical (unpaired) electrons. The van der Waals surface area contributed by atoms with E-state index in [1.165, 1.54) is 5.56 Å². The molecule has 0 bridgehead atoms. The summed E-state index contributed by atoms with van der Waals surface area (Å²) in [7, 11) is 1.87. The lowest BCUT2D eigenvalue weighted by Gasteiger charge is -2.42. The first-order chi connectivity index (χ1) is 10.8. The van der Waals surface area contributed by atoms with Crippen molar-refractivity contribution in [2.45, 2.75) is 52.9 Å². The molecule has 1 heterocycles. The number of carbonyl (C=O) groups is 1. The topological polar surface area (TPSA) is 32.8 Å². The summed E-state index contributed by atoms with van der Waals surface area (Å²) < 4.78 is 5.82. The molecule has 0 N–H and O–H groups in total. The number of morpholine rings is 1. The number of anilines is 1. The number of aryl methyl sites for hydroxylation is 1. The molecule has 0 aliphatic carbocycles. The highest BCUT2D eigenvalue weighted by molar-refractivity contribution is 5.96. The average Bonchev–Trinajstić information content (AvgIpc) is 2.46. The van der Waals surface area contributed by atoms with Gasteiger partial charge in [0.25, 0.3) is 0 Å². The molecule has 1 aliphatic heterocycles. The van der Waals surface area contributed by atoms with Crippen LogP contribution < -0.4 is 4.90 Å². The van der Waals surface area contributed by atoms with Crippen LogP contribution in [0.2, 0.25) is 0 Å². The lowest BCUT2D eigenvalue weighted by atomic mass is 9.99. The Balaban J connectivity index is 2.19. The van der Waals surface area contributed by atoms with E-state index in [1.54, 1.807) is 4.90 Å². The number of hydrogen-bond donors (Lipinski definition) is 0. The van der Waals surface area contributed by atoms with Crippen molar-refractivity contribution >= 4 is 11.6 Å². The summed E-state index contributed by atoms with van der Waals surface area (Å²) in [6.07, 6.45) is 0.329. The van der Waals surface area contributed by atoms with Crippen LogP contribution in [-0.2, 0) is 9.53 Å². The normalized spacial score (nSPS) is 23.8. The van der Waals surface area contributed by atoms with Gasteiger partial charge in [-0.2, -0.15) is 0 Å². The van der Waals surface area contributed by atoms with Gasteiger partial charge in [-0.25, -0.2) is 0 Å². The molecule has 3 unspecified atom stereocenters. The second kappa shape index (κ2) is 7.45. The van der Waals surface area contributed by atoms with Crippen LogP contribution in [0.4, 0.5) is 5.69 Å². The largest absolute Gasteiger partial charge is 0.373 e. The summed E-state index contributed by atoms with van der Waals surface area (Å²) in [6.45, 7) is 12.1. The number of benzene rings is 1. The molecule has 1 saturated heterocycles. The van der Waals surface area contributed by atoms with E-state index in [-0.39, 0.29) is 30.1 Å². The van der Waals surface area contributed by atoms with Crippen molar-refractivity contribution in [3.05, 3.63) is 29.8 Å². The van der Waals surface area contributed by atoms with E-state index in [4.69, 9.17) is 4.74 Å². The molecule has 1 aromatic carbocycles. The zero-order valence-corrected chi connectivity index (χ0v) is 15.2. The first-order valence-corrected chi connectivity index (χ1v) is 8.53. The van der Waals surface area contributed by atoms with Crippen LogP contribution in [0.15, 0.2) is 24.3 Å². The first kappa shape index (κ1) is 18.0. The summed E-state index contributed by atoms with van der Waals surface area (Å²) >= 11 is 0. The summed E-state index contributed by atoms with van der Waals surface area (Å²) in [5, 5.41) is 0.